The Bertz CT molecular complexity index is 347. The molecule has 1 saturated heterocycles. The minimum absolute atomic E-state index is 0.128. The molecule has 0 aromatic rings. The van der Waals surface area contributed by atoms with Crippen molar-refractivity contribution in [3.05, 3.63) is 0 Å². The first kappa shape index (κ1) is 14.3. The first-order chi connectivity index (χ1) is 8.83. The van der Waals surface area contributed by atoms with Gasteiger partial charge in [-0.05, 0) is 33.1 Å². The predicted octanol–water partition coefficient (Wildman–Crippen LogP) is 1.99. The van der Waals surface area contributed by atoms with Crippen molar-refractivity contribution in [3.8, 4) is 0 Å². The van der Waals surface area contributed by atoms with Gasteiger partial charge in [0.2, 0.25) is 0 Å². The number of nitrogens with zero attached hydrogens (tertiary/aromatic N) is 1. The van der Waals surface area contributed by atoms with E-state index in [0.29, 0.717) is 31.4 Å². The first-order valence-electron chi connectivity index (χ1n) is 6.95. The molecule has 1 amide bonds. The summed E-state index contributed by atoms with van der Waals surface area (Å²) in [6.07, 6.45) is 2.25. The maximum absolute atomic E-state index is 11.7. The first-order valence-corrected chi connectivity index (χ1v) is 6.95. The Morgan fingerprint density at radius 2 is 1.95 bits per heavy atom. The van der Waals surface area contributed by atoms with Gasteiger partial charge in [-0.2, -0.15) is 0 Å². The summed E-state index contributed by atoms with van der Waals surface area (Å²) >= 11 is 0. The summed E-state index contributed by atoms with van der Waals surface area (Å²) in [4.78, 5) is 24.1. The molecule has 0 bridgehead atoms. The normalized spacial score (nSPS) is 21.0. The summed E-state index contributed by atoms with van der Waals surface area (Å²) in [6, 6.07) is 0. The second-order valence-corrected chi connectivity index (χ2v) is 6.48. The van der Waals surface area contributed by atoms with Crippen LogP contribution in [0.3, 0.4) is 0 Å². The number of hydrogen-bond donors (Lipinski definition) is 0. The van der Waals surface area contributed by atoms with E-state index in [1.807, 2.05) is 20.8 Å². The van der Waals surface area contributed by atoms with Crippen LogP contribution in [-0.2, 0) is 14.3 Å². The van der Waals surface area contributed by atoms with E-state index >= 15 is 0 Å². The Labute approximate surface area is 114 Å². The van der Waals surface area contributed by atoms with Gasteiger partial charge in [0.05, 0.1) is 19.2 Å². The van der Waals surface area contributed by atoms with Crippen molar-refractivity contribution in [2.24, 2.45) is 5.92 Å². The molecule has 5 heteroatoms. The average Bonchev–Trinajstić information content (AvgIpc) is 2.15. The van der Waals surface area contributed by atoms with E-state index in [0.717, 1.165) is 19.3 Å². The van der Waals surface area contributed by atoms with Gasteiger partial charge in [0, 0.05) is 19.4 Å². The highest BCUT2D eigenvalue weighted by atomic mass is 16.6. The molecule has 0 aromatic heterocycles. The minimum atomic E-state index is -0.445. The number of ether oxygens (including phenoxy) is 2. The zero-order valence-corrected chi connectivity index (χ0v) is 12.0. The van der Waals surface area contributed by atoms with Crippen molar-refractivity contribution >= 4 is 11.9 Å². The molecule has 19 heavy (non-hydrogen) atoms. The Morgan fingerprint density at radius 3 is 2.47 bits per heavy atom. The van der Waals surface area contributed by atoms with Crippen LogP contribution >= 0.6 is 0 Å². The summed E-state index contributed by atoms with van der Waals surface area (Å²) in [7, 11) is 0. The Kier molecular flexibility index (Phi) is 4.13. The lowest BCUT2D eigenvalue weighted by molar-refractivity contribution is -0.128. The lowest BCUT2D eigenvalue weighted by Crippen LogP contribution is -2.56. The van der Waals surface area contributed by atoms with E-state index in [1.165, 1.54) is 0 Å². The van der Waals surface area contributed by atoms with Crippen LogP contribution in [-0.4, -0.2) is 48.2 Å². The van der Waals surface area contributed by atoms with Crippen LogP contribution in [0, 0.1) is 5.92 Å². The van der Waals surface area contributed by atoms with Crippen LogP contribution in [0.4, 0.5) is 4.79 Å². The second kappa shape index (κ2) is 5.49. The fourth-order valence-electron chi connectivity index (χ4n) is 2.21. The molecular formula is C14H23NO4. The van der Waals surface area contributed by atoms with E-state index in [-0.39, 0.29) is 12.2 Å². The van der Waals surface area contributed by atoms with E-state index in [4.69, 9.17) is 9.47 Å². The van der Waals surface area contributed by atoms with Gasteiger partial charge in [-0.25, -0.2) is 4.79 Å². The summed E-state index contributed by atoms with van der Waals surface area (Å²) in [6.45, 7) is 7.48. The van der Waals surface area contributed by atoms with E-state index < -0.39 is 5.60 Å². The van der Waals surface area contributed by atoms with Crippen molar-refractivity contribution in [1.82, 2.24) is 4.90 Å². The third kappa shape index (κ3) is 4.20. The van der Waals surface area contributed by atoms with Crippen molar-refractivity contribution in [2.75, 3.05) is 19.7 Å². The largest absolute Gasteiger partial charge is 0.444 e. The molecule has 2 fully saturated rings. The molecule has 1 saturated carbocycles. The predicted molar refractivity (Wildman–Crippen MR) is 69.9 cm³/mol. The van der Waals surface area contributed by atoms with Crippen LogP contribution in [0.1, 0.15) is 40.0 Å². The quantitative estimate of drug-likeness (QED) is 0.783. The molecule has 0 atom stereocenters. The molecule has 1 aliphatic heterocycles. The zero-order chi connectivity index (χ0) is 14.0. The Morgan fingerprint density at radius 1 is 1.32 bits per heavy atom. The maximum Gasteiger partial charge on any atom is 0.410 e. The van der Waals surface area contributed by atoms with Gasteiger partial charge >= 0.3 is 6.09 Å². The SMILES string of the molecule is CC(C)(C)OC(=O)N1CC(OCCC2CC(=O)C2)C1. The summed E-state index contributed by atoms with van der Waals surface area (Å²) < 4.78 is 10.9. The monoisotopic (exact) mass is 269 g/mol. The van der Waals surface area contributed by atoms with Crippen LogP contribution in [0.15, 0.2) is 0 Å². The second-order valence-electron chi connectivity index (χ2n) is 6.48. The third-order valence-electron chi connectivity index (χ3n) is 3.41. The van der Waals surface area contributed by atoms with E-state index in [2.05, 4.69) is 0 Å². The summed E-state index contributed by atoms with van der Waals surface area (Å²) in [5.74, 6) is 0.888. The molecule has 108 valence electrons. The van der Waals surface area contributed by atoms with Crippen LogP contribution in [0.2, 0.25) is 0 Å². The zero-order valence-electron chi connectivity index (χ0n) is 12.0. The topological polar surface area (TPSA) is 55.8 Å². The van der Waals surface area contributed by atoms with E-state index in [1.54, 1.807) is 4.90 Å². The Hall–Kier alpha value is -1.10. The number of carbonyl (C=O) groups is 2. The molecule has 2 rings (SSSR count). The van der Waals surface area contributed by atoms with Gasteiger partial charge in [0.25, 0.3) is 0 Å². The van der Waals surface area contributed by atoms with Gasteiger partial charge < -0.3 is 14.4 Å². The fraction of sp³-hybridized carbons (Fsp3) is 0.857. The number of hydrogen-bond acceptors (Lipinski definition) is 4. The lowest BCUT2D eigenvalue weighted by atomic mass is 9.82. The molecule has 0 N–H and O–H groups in total. The molecule has 0 radical (unpaired) electrons. The van der Waals surface area contributed by atoms with Gasteiger partial charge in [-0.3, -0.25) is 4.79 Å². The average molecular weight is 269 g/mol. The molecule has 1 aliphatic carbocycles. The van der Waals surface area contributed by atoms with Crippen LogP contribution in [0.25, 0.3) is 0 Å². The number of carbonyl (C=O) groups excluding carboxylic acids is 2. The number of likely N-dealkylation sites (tertiary alicyclic amines) is 1. The number of ketones is 1. The highest BCUT2D eigenvalue weighted by molar-refractivity contribution is 5.84. The van der Waals surface area contributed by atoms with Gasteiger partial charge in [0.15, 0.2) is 0 Å². The maximum atomic E-state index is 11.7. The number of Topliss-reactive ketones (excluding diaryl/α,β-unsaturated/α-hetero) is 1. The molecular weight excluding hydrogens is 246 g/mol. The minimum Gasteiger partial charge on any atom is -0.444 e. The molecule has 0 spiro atoms. The number of amides is 1. The van der Waals surface area contributed by atoms with Gasteiger partial charge in [0.1, 0.15) is 11.4 Å². The third-order valence-corrected chi connectivity index (χ3v) is 3.41. The highest BCUT2D eigenvalue weighted by Gasteiger charge is 2.34. The molecule has 1 heterocycles. The smallest absolute Gasteiger partial charge is 0.410 e. The van der Waals surface area contributed by atoms with Crippen molar-refractivity contribution in [2.45, 2.75) is 51.7 Å². The standard InChI is InChI=1S/C14H23NO4/c1-14(2,3)19-13(17)15-8-12(9-15)18-5-4-10-6-11(16)7-10/h10,12H,4-9H2,1-3H3. The van der Waals surface area contributed by atoms with Gasteiger partial charge in [-0.1, -0.05) is 0 Å². The van der Waals surface area contributed by atoms with Crippen molar-refractivity contribution in [3.63, 3.8) is 0 Å². The van der Waals surface area contributed by atoms with E-state index in [9.17, 15) is 9.59 Å². The highest BCUT2D eigenvalue weighted by Crippen LogP contribution is 2.26. The van der Waals surface area contributed by atoms with Crippen LogP contribution < -0.4 is 0 Å². The molecule has 5 nitrogen and oxygen atoms in total. The molecule has 2 aliphatic rings. The number of rotatable bonds is 4. The molecule has 0 aromatic carbocycles. The molecule has 0 unspecified atom stereocenters. The van der Waals surface area contributed by atoms with Crippen LogP contribution in [0.5, 0.6) is 0 Å². The van der Waals surface area contributed by atoms with Gasteiger partial charge in [-0.15, -0.1) is 0 Å². The lowest BCUT2D eigenvalue weighted by Gasteiger charge is -2.39. The van der Waals surface area contributed by atoms with Crippen molar-refractivity contribution in [1.29, 1.82) is 0 Å². The Balaban J connectivity index is 1.53. The summed E-state index contributed by atoms with van der Waals surface area (Å²) in [5, 5.41) is 0. The summed E-state index contributed by atoms with van der Waals surface area (Å²) in [5.41, 5.74) is -0.445. The van der Waals surface area contributed by atoms with Crippen molar-refractivity contribution < 1.29 is 19.1 Å². The fourth-order valence-corrected chi connectivity index (χ4v) is 2.21.